The quantitative estimate of drug-likeness (QED) is 0.729. The molecule has 0 radical (unpaired) electrons. The minimum atomic E-state index is -3.65. The van der Waals surface area contributed by atoms with Gasteiger partial charge < -0.3 is 5.32 Å². The number of amides is 1. The highest BCUT2D eigenvalue weighted by Gasteiger charge is 2.35. The van der Waals surface area contributed by atoms with Gasteiger partial charge in [-0.25, -0.2) is 8.42 Å². The number of carbonyl (C=O) groups is 1. The topological polar surface area (TPSA) is 66.5 Å². The maximum absolute atomic E-state index is 13.4. The van der Waals surface area contributed by atoms with Crippen LogP contribution < -0.4 is 5.32 Å². The molecule has 1 fully saturated rings. The lowest BCUT2D eigenvalue weighted by atomic mass is 9.98. The number of benzene rings is 2. The third kappa shape index (κ3) is 4.88. The Morgan fingerprint density at radius 1 is 1.13 bits per heavy atom. The zero-order valence-corrected chi connectivity index (χ0v) is 19.5. The van der Waals surface area contributed by atoms with Crippen LogP contribution in [0.25, 0.3) is 0 Å². The molecule has 0 aliphatic carbocycles. The van der Waals surface area contributed by atoms with E-state index in [0.29, 0.717) is 29.3 Å². The highest BCUT2D eigenvalue weighted by molar-refractivity contribution is 7.89. The summed E-state index contributed by atoms with van der Waals surface area (Å²) >= 11 is 5.93. The number of sulfonamides is 1. The first-order valence-electron chi connectivity index (χ1n) is 10.2. The van der Waals surface area contributed by atoms with Crippen molar-refractivity contribution in [1.29, 1.82) is 0 Å². The molecule has 0 spiro atoms. The van der Waals surface area contributed by atoms with Crippen molar-refractivity contribution in [2.75, 3.05) is 13.1 Å². The molecule has 0 aromatic heterocycles. The second-order valence-electron chi connectivity index (χ2n) is 8.21. The van der Waals surface area contributed by atoms with Gasteiger partial charge in [0.05, 0.1) is 16.9 Å². The number of rotatable bonds is 5. The fraction of sp³-hybridized carbons (Fsp3) is 0.435. The molecule has 7 heteroatoms. The van der Waals surface area contributed by atoms with E-state index in [4.69, 9.17) is 11.6 Å². The number of halogens is 1. The zero-order valence-electron chi connectivity index (χ0n) is 17.9. The average molecular weight is 449 g/mol. The lowest BCUT2D eigenvalue weighted by molar-refractivity contribution is -0.126. The van der Waals surface area contributed by atoms with Gasteiger partial charge in [-0.3, -0.25) is 4.79 Å². The second kappa shape index (κ2) is 9.08. The van der Waals surface area contributed by atoms with Gasteiger partial charge in [0.15, 0.2) is 0 Å². The molecule has 162 valence electrons. The maximum atomic E-state index is 13.4. The minimum absolute atomic E-state index is 0.116. The Morgan fingerprint density at radius 3 is 2.33 bits per heavy atom. The number of nitrogens with one attached hydrogen (secondary N) is 1. The van der Waals surface area contributed by atoms with Crippen LogP contribution in [0.1, 0.15) is 48.1 Å². The summed E-state index contributed by atoms with van der Waals surface area (Å²) in [6.45, 7) is 8.17. The first-order valence-corrected chi connectivity index (χ1v) is 12.0. The highest BCUT2D eigenvalue weighted by Crippen LogP contribution is 2.29. The number of hydrogen-bond acceptors (Lipinski definition) is 3. The molecule has 1 saturated heterocycles. The second-order valence-corrected chi connectivity index (χ2v) is 10.5. The average Bonchev–Trinajstić information content (AvgIpc) is 2.67. The van der Waals surface area contributed by atoms with Crippen molar-refractivity contribution < 1.29 is 13.2 Å². The van der Waals surface area contributed by atoms with Gasteiger partial charge in [0.25, 0.3) is 0 Å². The molecule has 0 unspecified atom stereocenters. The van der Waals surface area contributed by atoms with Crippen LogP contribution in [0.15, 0.2) is 41.3 Å². The predicted octanol–water partition coefficient (Wildman–Crippen LogP) is 4.54. The van der Waals surface area contributed by atoms with Crippen molar-refractivity contribution in [3.05, 3.63) is 63.7 Å². The Bertz CT molecular complexity index is 1010. The Kier molecular flexibility index (Phi) is 6.90. The molecule has 1 heterocycles. The summed E-state index contributed by atoms with van der Waals surface area (Å²) in [6, 6.07) is 11.0. The van der Waals surface area contributed by atoms with Gasteiger partial charge >= 0.3 is 0 Å². The van der Waals surface area contributed by atoms with E-state index >= 15 is 0 Å². The van der Waals surface area contributed by atoms with Crippen LogP contribution in [-0.2, 0) is 14.8 Å². The van der Waals surface area contributed by atoms with Crippen LogP contribution in [0.2, 0.25) is 5.02 Å². The maximum Gasteiger partial charge on any atom is 0.243 e. The Morgan fingerprint density at radius 2 is 1.73 bits per heavy atom. The predicted molar refractivity (Wildman–Crippen MR) is 120 cm³/mol. The lowest BCUT2D eigenvalue weighted by Gasteiger charge is -2.32. The molecule has 5 nitrogen and oxygen atoms in total. The molecule has 2 aromatic rings. The first kappa shape index (κ1) is 22.8. The number of hydrogen-bond donors (Lipinski definition) is 1. The number of piperidine rings is 1. The third-order valence-electron chi connectivity index (χ3n) is 5.69. The summed E-state index contributed by atoms with van der Waals surface area (Å²) < 4.78 is 28.2. The molecule has 2 aromatic carbocycles. The van der Waals surface area contributed by atoms with Gasteiger partial charge in [0, 0.05) is 18.1 Å². The highest BCUT2D eigenvalue weighted by atomic mass is 35.5. The molecule has 1 amide bonds. The fourth-order valence-corrected chi connectivity index (χ4v) is 6.30. The van der Waals surface area contributed by atoms with Crippen LogP contribution in [0.5, 0.6) is 0 Å². The van der Waals surface area contributed by atoms with Gasteiger partial charge in [-0.15, -0.1) is 0 Å². The zero-order chi connectivity index (χ0) is 22.1. The molecule has 1 aliphatic heterocycles. The summed E-state index contributed by atoms with van der Waals surface area (Å²) in [7, 11) is -3.65. The van der Waals surface area contributed by atoms with Crippen LogP contribution in [0, 0.1) is 26.7 Å². The summed E-state index contributed by atoms with van der Waals surface area (Å²) in [5.41, 5.74) is 3.49. The molecular weight excluding hydrogens is 420 g/mol. The summed E-state index contributed by atoms with van der Waals surface area (Å²) in [5, 5.41) is 3.67. The van der Waals surface area contributed by atoms with Gasteiger partial charge in [0.2, 0.25) is 15.9 Å². The van der Waals surface area contributed by atoms with Gasteiger partial charge in [-0.2, -0.15) is 4.31 Å². The number of carbonyl (C=O) groups excluding carboxylic acids is 1. The smallest absolute Gasteiger partial charge is 0.243 e. The normalized spacial score (nSPS) is 18.8. The third-order valence-corrected chi connectivity index (χ3v) is 8.11. The van der Waals surface area contributed by atoms with Crippen LogP contribution >= 0.6 is 11.6 Å². The molecule has 1 aliphatic rings. The van der Waals surface area contributed by atoms with Gasteiger partial charge in [-0.1, -0.05) is 41.4 Å². The molecule has 1 N–H and O–H groups in total. The van der Waals surface area contributed by atoms with Crippen molar-refractivity contribution in [1.82, 2.24) is 9.62 Å². The van der Waals surface area contributed by atoms with Crippen LogP contribution in [0.3, 0.4) is 0 Å². The lowest BCUT2D eigenvalue weighted by Crippen LogP contribution is -2.46. The Labute approximate surface area is 184 Å². The van der Waals surface area contributed by atoms with E-state index in [1.165, 1.54) is 4.31 Å². The van der Waals surface area contributed by atoms with Crippen LogP contribution in [0.4, 0.5) is 0 Å². The number of nitrogens with zero attached hydrogens (tertiary/aromatic N) is 1. The van der Waals surface area contributed by atoms with E-state index in [9.17, 15) is 13.2 Å². The molecule has 0 saturated carbocycles. The standard InChI is InChI=1S/C23H29ClN2O3S/c1-15-12-16(2)22(17(3)13-15)30(28,29)26-11-5-6-20(14-26)23(27)25-18(4)19-7-9-21(24)10-8-19/h7-10,12-13,18,20H,5-6,11,14H2,1-4H3,(H,25,27)/t18-,20-/m1/s1. The van der Waals surface area contributed by atoms with E-state index in [0.717, 1.165) is 22.3 Å². The van der Waals surface area contributed by atoms with E-state index in [1.54, 1.807) is 12.1 Å². The van der Waals surface area contributed by atoms with Crippen LogP contribution in [-0.4, -0.2) is 31.7 Å². The minimum Gasteiger partial charge on any atom is -0.349 e. The fourth-order valence-electron chi connectivity index (χ4n) is 4.24. The van der Waals surface area contributed by atoms with Crippen molar-refractivity contribution in [3.63, 3.8) is 0 Å². The first-order chi connectivity index (χ1) is 14.1. The van der Waals surface area contributed by atoms with Gasteiger partial charge in [0.1, 0.15) is 0 Å². The molecule has 3 rings (SSSR count). The van der Waals surface area contributed by atoms with Crippen molar-refractivity contribution >= 4 is 27.5 Å². The summed E-state index contributed by atoms with van der Waals surface area (Å²) in [6.07, 6.45) is 1.34. The Hall–Kier alpha value is -1.89. The van der Waals surface area contributed by atoms with E-state index in [1.807, 2.05) is 52.0 Å². The van der Waals surface area contributed by atoms with E-state index < -0.39 is 10.0 Å². The molecular formula is C23H29ClN2O3S. The Balaban J connectivity index is 1.74. The van der Waals surface area contributed by atoms with Crippen molar-refractivity contribution in [2.45, 2.75) is 51.5 Å². The SMILES string of the molecule is Cc1cc(C)c(S(=O)(=O)N2CCC[C@@H](C(=O)N[C@H](C)c3ccc(Cl)cc3)C2)c(C)c1. The molecule has 2 atom stereocenters. The largest absolute Gasteiger partial charge is 0.349 e. The van der Waals surface area contributed by atoms with Crippen molar-refractivity contribution in [3.8, 4) is 0 Å². The van der Waals surface area contributed by atoms with Gasteiger partial charge in [-0.05, 0) is 69.4 Å². The van der Waals surface area contributed by atoms with Crippen molar-refractivity contribution in [2.24, 2.45) is 5.92 Å². The van der Waals surface area contributed by atoms with E-state index in [2.05, 4.69) is 5.32 Å². The molecule has 0 bridgehead atoms. The number of aryl methyl sites for hydroxylation is 3. The summed E-state index contributed by atoms with van der Waals surface area (Å²) in [4.78, 5) is 13.2. The monoisotopic (exact) mass is 448 g/mol. The molecule has 30 heavy (non-hydrogen) atoms. The van der Waals surface area contributed by atoms with E-state index in [-0.39, 0.29) is 24.4 Å². The summed E-state index contributed by atoms with van der Waals surface area (Å²) in [5.74, 6) is -0.482.